The predicted molar refractivity (Wildman–Crippen MR) is 100 cm³/mol. The molecule has 154 valence electrons. The minimum atomic E-state index is -0.965. The van der Waals surface area contributed by atoms with Crippen LogP contribution in [0.4, 0.5) is 5.69 Å². The lowest BCUT2D eigenvalue weighted by Gasteiger charge is -2.40. The van der Waals surface area contributed by atoms with E-state index in [0.717, 1.165) is 7.11 Å². The van der Waals surface area contributed by atoms with E-state index in [1.807, 2.05) is 0 Å². The molecule has 2 aliphatic heterocycles. The van der Waals surface area contributed by atoms with Gasteiger partial charge in [0.15, 0.2) is 5.78 Å². The van der Waals surface area contributed by atoms with Crippen LogP contribution in [0.15, 0.2) is 29.5 Å². The van der Waals surface area contributed by atoms with Crippen LogP contribution in [0.5, 0.6) is 11.5 Å². The SMILES string of the molecule is COC(=O)C1=C2C(=O)NCCN2[C@H](C(=O)Nc2cc(OC)ccc2OC)CC1=O. The number of ketones is 1. The third-order valence-electron chi connectivity index (χ3n) is 4.77. The van der Waals surface area contributed by atoms with Crippen molar-refractivity contribution in [2.75, 3.05) is 39.7 Å². The van der Waals surface area contributed by atoms with Gasteiger partial charge >= 0.3 is 5.97 Å². The van der Waals surface area contributed by atoms with E-state index in [4.69, 9.17) is 9.47 Å². The van der Waals surface area contributed by atoms with Gasteiger partial charge in [-0.1, -0.05) is 0 Å². The number of anilines is 1. The largest absolute Gasteiger partial charge is 0.497 e. The molecule has 1 aromatic rings. The fourth-order valence-electron chi connectivity index (χ4n) is 3.38. The number of fused-ring (bicyclic) bond motifs is 1. The number of amides is 2. The van der Waals surface area contributed by atoms with E-state index < -0.39 is 29.6 Å². The first-order valence-electron chi connectivity index (χ1n) is 8.84. The van der Waals surface area contributed by atoms with Gasteiger partial charge in [-0.2, -0.15) is 0 Å². The van der Waals surface area contributed by atoms with Crippen LogP contribution >= 0.6 is 0 Å². The third kappa shape index (κ3) is 3.73. The Balaban J connectivity index is 1.95. The zero-order valence-electron chi connectivity index (χ0n) is 16.2. The van der Waals surface area contributed by atoms with Gasteiger partial charge in [-0.15, -0.1) is 0 Å². The first-order valence-corrected chi connectivity index (χ1v) is 8.84. The van der Waals surface area contributed by atoms with Gasteiger partial charge in [-0.3, -0.25) is 14.4 Å². The Morgan fingerprint density at radius 3 is 2.59 bits per heavy atom. The first-order chi connectivity index (χ1) is 13.9. The van der Waals surface area contributed by atoms with Crippen LogP contribution in [0.2, 0.25) is 0 Å². The van der Waals surface area contributed by atoms with Gasteiger partial charge in [-0.25, -0.2) is 4.79 Å². The summed E-state index contributed by atoms with van der Waals surface area (Å²) in [4.78, 5) is 51.5. The van der Waals surface area contributed by atoms with Crippen molar-refractivity contribution in [3.63, 3.8) is 0 Å². The zero-order valence-corrected chi connectivity index (χ0v) is 16.2. The molecule has 1 aromatic carbocycles. The molecule has 1 fully saturated rings. The molecule has 1 saturated heterocycles. The van der Waals surface area contributed by atoms with Crippen molar-refractivity contribution in [3.05, 3.63) is 29.5 Å². The number of ether oxygens (including phenoxy) is 3. The Morgan fingerprint density at radius 2 is 1.93 bits per heavy atom. The number of rotatable bonds is 5. The molecule has 0 unspecified atom stereocenters. The Morgan fingerprint density at radius 1 is 1.17 bits per heavy atom. The highest BCUT2D eigenvalue weighted by molar-refractivity contribution is 6.24. The molecule has 3 rings (SSSR count). The van der Waals surface area contributed by atoms with Crippen molar-refractivity contribution >= 4 is 29.3 Å². The number of nitrogens with zero attached hydrogens (tertiary/aromatic N) is 1. The standard InChI is InChI=1S/C19H21N3O7/c1-27-10-4-5-14(28-2)11(8-10)21-17(24)12-9-13(23)15(19(26)29-3)16-18(25)20-6-7-22(12)16/h4-5,8,12H,6-7,9H2,1-3H3,(H,20,25)(H,21,24)/t12-/m0/s1. The number of Topliss-reactive ketones (excluding diaryl/α,β-unsaturated/α-hetero) is 1. The Hall–Kier alpha value is -3.56. The fraction of sp³-hybridized carbons (Fsp3) is 0.368. The Kier molecular flexibility index (Phi) is 5.71. The van der Waals surface area contributed by atoms with Crippen molar-refractivity contribution in [3.8, 4) is 11.5 Å². The van der Waals surface area contributed by atoms with Crippen molar-refractivity contribution in [2.24, 2.45) is 0 Å². The molecule has 2 N–H and O–H groups in total. The number of hydrogen-bond donors (Lipinski definition) is 2. The number of esters is 1. The second kappa shape index (κ2) is 8.21. The molecule has 2 heterocycles. The number of nitrogens with one attached hydrogen (secondary N) is 2. The fourth-order valence-corrected chi connectivity index (χ4v) is 3.38. The average Bonchev–Trinajstić information content (AvgIpc) is 2.73. The predicted octanol–water partition coefficient (Wildman–Crippen LogP) is -0.157. The molecule has 2 aliphatic rings. The Labute approximate surface area is 166 Å². The smallest absolute Gasteiger partial charge is 0.343 e. The topological polar surface area (TPSA) is 123 Å². The van der Waals surface area contributed by atoms with E-state index in [0.29, 0.717) is 17.2 Å². The number of hydrogen-bond acceptors (Lipinski definition) is 8. The summed E-state index contributed by atoms with van der Waals surface area (Å²) in [6, 6.07) is 3.93. The summed E-state index contributed by atoms with van der Waals surface area (Å²) >= 11 is 0. The van der Waals surface area contributed by atoms with Gasteiger partial charge in [0.1, 0.15) is 28.8 Å². The van der Waals surface area contributed by atoms with E-state index in [9.17, 15) is 19.2 Å². The molecule has 0 saturated carbocycles. The minimum Gasteiger partial charge on any atom is -0.497 e. The molecule has 0 aliphatic carbocycles. The van der Waals surface area contributed by atoms with Crippen LogP contribution in [-0.2, 0) is 23.9 Å². The molecule has 0 spiro atoms. The van der Waals surface area contributed by atoms with E-state index in [1.165, 1.54) is 19.1 Å². The third-order valence-corrected chi connectivity index (χ3v) is 4.77. The van der Waals surface area contributed by atoms with Gasteiger partial charge in [0, 0.05) is 25.6 Å². The van der Waals surface area contributed by atoms with Crippen LogP contribution in [0, 0.1) is 0 Å². The lowest BCUT2D eigenvalue weighted by Crippen LogP contribution is -2.57. The highest BCUT2D eigenvalue weighted by Crippen LogP contribution is 2.32. The van der Waals surface area contributed by atoms with Gasteiger partial charge < -0.3 is 29.7 Å². The van der Waals surface area contributed by atoms with E-state index >= 15 is 0 Å². The monoisotopic (exact) mass is 403 g/mol. The van der Waals surface area contributed by atoms with Crippen LogP contribution in [0.3, 0.4) is 0 Å². The zero-order chi connectivity index (χ0) is 21.1. The normalized spacial score (nSPS) is 18.6. The van der Waals surface area contributed by atoms with Crippen molar-refractivity contribution in [2.45, 2.75) is 12.5 Å². The van der Waals surface area contributed by atoms with E-state index in [2.05, 4.69) is 15.4 Å². The maximum absolute atomic E-state index is 13.0. The molecule has 0 aromatic heterocycles. The molecule has 0 radical (unpaired) electrons. The highest BCUT2D eigenvalue weighted by atomic mass is 16.5. The summed E-state index contributed by atoms with van der Waals surface area (Å²) in [5, 5.41) is 5.31. The summed E-state index contributed by atoms with van der Waals surface area (Å²) in [5.74, 6) is -1.73. The number of carbonyl (C=O) groups excluding carboxylic acids is 4. The van der Waals surface area contributed by atoms with Gasteiger partial charge in [0.2, 0.25) is 5.91 Å². The molecule has 0 bridgehead atoms. The molecule has 1 atom stereocenters. The minimum absolute atomic E-state index is 0.142. The second-order valence-corrected chi connectivity index (χ2v) is 6.36. The van der Waals surface area contributed by atoms with E-state index in [1.54, 1.807) is 18.2 Å². The number of piperazine rings is 1. The maximum Gasteiger partial charge on any atom is 0.343 e. The molecule has 2 amide bonds. The number of methoxy groups -OCH3 is 3. The van der Waals surface area contributed by atoms with Gasteiger partial charge in [0.05, 0.1) is 27.0 Å². The van der Waals surface area contributed by atoms with Crippen LogP contribution < -0.4 is 20.1 Å². The molecular formula is C19H21N3O7. The van der Waals surface area contributed by atoms with Crippen LogP contribution in [-0.4, -0.2) is 68.9 Å². The summed E-state index contributed by atoms with van der Waals surface area (Å²) in [5.41, 5.74) is -0.125. The van der Waals surface area contributed by atoms with Gasteiger partial charge in [0.25, 0.3) is 5.91 Å². The van der Waals surface area contributed by atoms with E-state index in [-0.39, 0.29) is 30.8 Å². The lowest BCUT2D eigenvalue weighted by atomic mass is 9.92. The number of benzene rings is 1. The summed E-state index contributed by atoms with van der Waals surface area (Å²) in [6.45, 7) is 0.541. The van der Waals surface area contributed by atoms with Crippen molar-refractivity contribution < 1.29 is 33.4 Å². The number of carbonyl (C=O) groups is 4. The molecule has 10 nitrogen and oxygen atoms in total. The summed E-state index contributed by atoms with van der Waals surface area (Å²) < 4.78 is 15.1. The molecular weight excluding hydrogens is 382 g/mol. The van der Waals surface area contributed by atoms with Crippen LogP contribution in [0.1, 0.15) is 6.42 Å². The van der Waals surface area contributed by atoms with Gasteiger partial charge in [-0.05, 0) is 12.1 Å². The Bertz CT molecular complexity index is 909. The first kappa shape index (κ1) is 20.2. The highest BCUT2D eigenvalue weighted by Gasteiger charge is 2.44. The summed E-state index contributed by atoms with van der Waals surface area (Å²) in [6.07, 6.45) is -0.265. The maximum atomic E-state index is 13.0. The molecule has 29 heavy (non-hydrogen) atoms. The average molecular weight is 403 g/mol. The lowest BCUT2D eigenvalue weighted by molar-refractivity contribution is -0.141. The summed E-state index contributed by atoms with van der Waals surface area (Å²) in [7, 11) is 4.08. The second-order valence-electron chi connectivity index (χ2n) is 6.36. The molecule has 10 heteroatoms. The van der Waals surface area contributed by atoms with Crippen molar-refractivity contribution in [1.29, 1.82) is 0 Å². The van der Waals surface area contributed by atoms with Crippen LogP contribution in [0.25, 0.3) is 0 Å². The van der Waals surface area contributed by atoms with Crippen molar-refractivity contribution in [1.82, 2.24) is 10.2 Å². The quantitative estimate of drug-likeness (QED) is 0.514.